The number of benzene rings is 2. The van der Waals surface area contributed by atoms with Crippen molar-refractivity contribution < 1.29 is 52.2 Å². The highest BCUT2D eigenvalue weighted by molar-refractivity contribution is 5.79. The van der Waals surface area contributed by atoms with Crippen molar-refractivity contribution in [1.29, 1.82) is 0 Å². The standard InChI is InChI=1S/C36H56N2O11/c1-38(36(39)49-30-35-33-8-4-2-6-31(33)32-7-3-5-9-34(32)35)11-13-41-15-17-43-19-21-45-23-25-47-27-29-48-28-26-46-24-22-44-20-18-42-16-14-40-12-10-37/h2-9,35H,10-30,37H2,1H3. The number of ether oxygens (including phenoxy) is 10. The van der Waals surface area contributed by atoms with Gasteiger partial charge >= 0.3 is 6.09 Å². The predicted molar refractivity (Wildman–Crippen MR) is 184 cm³/mol. The molecule has 0 spiro atoms. The predicted octanol–water partition coefficient (Wildman–Crippen LogP) is 2.98. The van der Waals surface area contributed by atoms with E-state index in [0.29, 0.717) is 139 Å². The van der Waals surface area contributed by atoms with E-state index < -0.39 is 0 Å². The Morgan fingerprint density at radius 2 is 0.857 bits per heavy atom. The molecule has 0 heterocycles. The first-order valence-corrected chi connectivity index (χ1v) is 17.2. The summed E-state index contributed by atoms with van der Waals surface area (Å²) in [5.74, 6) is 0.0408. The van der Waals surface area contributed by atoms with E-state index in [4.69, 9.17) is 53.1 Å². The van der Waals surface area contributed by atoms with Gasteiger partial charge < -0.3 is 58.0 Å². The van der Waals surface area contributed by atoms with Crippen LogP contribution in [0.1, 0.15) is 17.0 Å². The molecule has 1 aliphatic rings. The molecule has 1 amide bonds. The van der Waals surface area contributed by atoms with E-state index in [1.807, 2.05) is 24.3 Å². The molecule has 2 aromatic rings. The van der Waals surface area contributed by atoms with Crippen molar-refractivity contribution in [2.75, 3.05) is 146 Å². The molecular weight excluding hydrogens is 636 g/mol. The summed E-state index contributed by atoms with van der Waals surface area (Å²) in [5.41, 5.74) is 10.1. The largest absolute Gasteiger partial charge is 0.448 e. The third-order valence-electron chi connectivity index (χ3n) is 7.46. The number of hydrogen-bond acceptors (Lipinski definition) is 12. The number of rotatable bonds is 31. The number of hydrogen-bond donors (Lipinski definition) is 1. The third kappa shape index (κ3) is 17.2. The molecule has 0 unspecified atom stereocenters. The van der Waals surface area contributed by atoms with E-state index in [2.05, 4.69) is 24.3 Å². The fourth-order valence-corrected chi connectivity index (χ4v) is 4.94. The molecule has 0 saturated heterocycles. The smallest absolute Gasteiger partial charge is 0.409 e. The number of nitrogens with two attached hydrogens (primary N) is 1. The molecule has 13 nitrogen and oxygen atoms in total. The Morgan fingerprint density at radius 1 is 0.531 bits per heavy atom. The Kier molecular flexibility index (Phi) is 22.5. The number of carbonyl (C=O) groups is 1. The average Bonchev–Trinajstić information content (AvgIpc) is 3.45. The van der Waals surface area contributed by atoms with Crippen LogP contribution in [0.3, 0.4) is 0 Å². The summed E-state index contributed by atoms with van der Waals surface area (Å²) in [6.07, 6.45) is -0.363. The molecule has 0 fully saturated rings. The molecule has 49 heavy (non-hydrogen) atoms. The maximum atomic E-state index is 12.6. The second kappa shape index (κ2) is 27.1. The second-order valence-electron chi connectivity index (χ2n) is 11.0. The summed E-state index contributed by atoms with van der Waals surface area (Å²) >= 11 is 0. The minimum atomic E-state index is -0.363. The minimum absolute atomic E-state index is 0.0408. The topological polar surface area (TPSA) is 139 Å². The highest BCUT2D eigenvalue weighted by Crippen LogP contribution is 2.44. The Hall–Kier alpha value is -2.69. The Morgan fingerprint density at radius 3 is 1.22 bits per heavy atom. The van der Waals surface area contributed by atoms with E-state index >= 15 is 0 Å². The number of carbonyl (C=O) groups excluding carboxylic acids is 1. The lowest BCUT2D eigenvalue weighted by Crippen LogP contribution is -2.32. The number of fused-ring (bicyclic) bond motifs is 3. The summed E-state index contributed by atoms with van der Waals surface area (Å²) in [7, 11) is 1.71. The van der Waals surface area contributed by atoms with Crippen LogP contribution in [0.2, 0.25) is 0 Å². The van der Waals surface area contributed by atoms with Gasteiger partial charge in [-0.1, -0.05) is 48.5 Å². The van der Waals surface area contributed by atoms with Crippen LogP contribution in [-0.4, -0.2) is 157 Å². The molecule has 0 aliphatic heterocycles. The molecule has 1 aliphatic carbocycles. The van der Waals surface area contributed by atoms with Crippen molar-refractivity contribution >= 4 is 6.09 Å². The van der Waals surface area contributed by atoms with Crippen molar-refractivity contribution in [2.24, 2.45) is 5.73 Å². The zero-order valence-electron chi connectivity index (χ0n) is 29.1. The summed E-state index contributed by atoms with van der Waals surface area (Å²) in [4.78, 5) is 14.1. The average molecular weight is 693 g/mol. The van der Waals surface area contributed by atoms with Gasteiger partial charge in [0.25, 0.3) is 0 Å². The van der Waals surface area contributed by atoms with E-state index in [9.17, 15) is 4.79 Å². The Balaban J connectivity index is 1.01. The number of nitrogens with zero attached hydrogens (tertiary/aromatic N) is 1. The van der Waals surface area contributed by atoms with Crippen LogP contribution in [-0.2, 0) is 47.4 Å². The normalized spacial score (nSPS) is 12.3. The van der Waals surface area contributed by atoms with E-state index in [-0.39, 0.29) is 12.0 Å². The molecule has 13 heteroatoms. The zero-order valence-corrected chi connectivity index (χ0v) is 29.1. The van der Waals surface area contributed by atoms with Crippen molar-refractivity contribution in [3.63, 3.8) is 0 Å². The van der Waals surface area contributed by atoms with E-state index in [1.54, 1.807) is 7.05 Å². The van der Waals surface area contributed by atoms with Crippen LogP contribution in [0.15, 0.2) is 48.5 Å². The lowest BCUT2D eigenvalue weighted by atomic mass is 9.98. The Bertz CT molecular complexity index is 1080. The SMILES string of the molecule is CN(CCOCCOCCOCCOCCOCCOCCOCCOCCOCCN)C(=O)OCC1c2ccccc2-c2ccccc21. The first-order valence-electron chi connectivity index (χ1n) is 17.2. The first kappa shape index (κ1) is 40.7. The molecule has 276 valence electrons. The van der Waals surface area contributed by atoms with Gasteiger partial charge in [0.1, 0.15) is 6.61 Å². The van der Waals surface area contributed by atoms with Crippen molar-refractivity contribution in [1.82, 2.24) is 4.90 Å². The lowest BCUT2D eigenvalue weighted by molar-refractivity contribution is -0.0250. The molecular formula is C36H56N2O11. The maximum Gasteiger partial charge on any atom is 0.409 e. The van der Waals surface area contributed by atoms with Gasteiger partial charge in [-0.15, -0.1) is 0 Å². The minimum Gasteiger partial charge on any atom is -0.448 e. The zero-order chi connectivity index (χ0) is 34.6. The molecule has 2 N–H and O–H groups in total. The van der Waals surface area contributed by atoms with Gasteiger partial charge in [-0.25, -0.2) is 4.79 Å². The number of amides is 1. The summed E-state index contributed by atoms with van der Waals surface area (Å²) < 4.78 is 54.8. The van der Waals surface area contributed by atoms with Crippen molar-refractivity contribution in [2.45, 2.75) is 5.92 Å². The van der Waals surface area contributed by atoms with Gasteiger partial charge in [0.05, 0.1) is 119 Å². The second-order valence-corrected chi connectivity index (χ2v) is 11.0. The van der Waals surface area contributed by atoms with Crippen molar-refractivity contribution in [3.05, 3.63) is 59.7 Å². The quantitative estimate of drug-likeness (QED) is 0.116. The van der Waals surface area contributed by atoms with Crippen LogP contribution >= 0.6 is 0 Å². The van der Waals surface area contributed by atoms with Crippen LogP contribution in [0, 0.1) is 0 Å². The van der Waals surface area contributed by atoms with Crippen LogP contribution in [0.4, 0.5) is 4.79 Å². The van der Waals surface area contributed by atoms with E-state index in [1.165, 1.54) is 27.2 Å². The van der Waals surface area contributed by atoms with Gasteiger partial charge in [0.15, 0.2) is 0 Å². The highest BCUT2D eigenvalue weighted by Gasteiger charge is 2.29. The first-order chi connectivity index (χ1) is 24.2. The van der Waals surface area contributed by atoms with E-state index in [0.717, 1.165) is 0 Å². The van der Waals surface area contributed by atoms with Gasteiger partial charge in [0, 0.05) is 26.1 Å². The van der Waals surface area contributed by atoms with Gasteiger partial charge in [-0.3, -0.25) is 0 Å². The molecule has 2 aromatic carbocycles. The Labute approximate surface area is 291 Å². The van der Waals surface area contributed by atoms with Crippen LogP contribution in [0.5, 0.6) is 0 Å². The van der Waals surface area contributed by atoms with Crippen LogP contribution < -0.4 is 5.73 Å². The molecule has 0 saturated carbocycles. The molecule has 0 bridgehead atoms. The van der Waals surface area contributed by atoms with Gasteiger partial charge in [0.2, 0.25) is 0 Å². The molecule has 0 radical (unpaired) electrons. The summed E-state index contributed by atoms with van der Waals surface area (Å²) in [6.45, 7) is 10.2. The van der Waals surface area contributed by atoms with Crippen LogP contribution in [0.25, 0.3) is 11.1 Å². The third-order valence-corrected chi connectivity index (χ3v) is 7.46. The summed E-state index contributed by atoms with van der Waals surface area (Å²) in [5, 5.41) is 0. The highest BCUT2D eigenvalue weighted by atomic mass is 16.6. The fourth-order valence-electron chi connectivity index (χ4n) is 4.94. The van der Waals surface area contributed by atoms with Crippen molar-refractivity contribution in [3.8, 4) is 11.1 Å². The molecule has 0 aromatic heterocycles. The maximum absolute atomic E-state index is 12.6. The molecule has 0 atom stereocenters. The summed E-state index contributed by atoms with van der Waals surface area (Å²) in [6, 6.07) is 16.6. The molecule has 3 rings (SSSR count). The monoisotopic (exact) mass is 692 g/mol. The van der Waals surface area contributed by atoms with Gasteiger partial charge in [-0.2, -0.15) is 0 Å². The van der Waals surface area contributed by atoms with Gasteiger partial charge in [-0.05, 0) is 22.3 Å². The fraction of sp³-hybridized carbons (Fsp3) is 0.639. The number of likely N-dealkylation sites (N-methyl/N-ethyl adjacent to an activating group) is 1. The lowest BCUT2D eigenvalue weighted by Gasteiger charge is -2.19.